The molecule has 0 N–H and O–H groups in total. The van der Waals surface area contributed by atoms with Crippen molar-refractivity contribution in [3.05, 3.63) is 33.9 Å². The number of hydrogen-bond acceptors (Lipinski definition) is 5. The van der Waals surface area contributed by atoms with Gasteiger partial charge in [0, 0.05) is 11.6 Å². The smallest absolute Gasteiger partial charge is 0.311 e. The van der Waals surface area contributed by atoms with Gasteiger partial charge in [-0.1, -0.05) is 0 Å². The van der Waals surface area contributed by atoms with Crippen molar-refractivity contribution in [3.8, 4) is 5.75 Å². The van der Waals surface area contributed by atoms with E-state index in [9.17, 15) is 14.9 Å². The molecule has 0 atom stereocenters. The lowest BCUT2D eigenvalue weighted by atomic mass is 10.2. The zero-order valence-corrected chi connectivity index (χ0v) is 8.98. The van der Waals surface area contributed by atoms with Gasteiger partial charge in [0.2, 0.25) is 0 Å². The number of carbonyl (C=O) groups excluding carboxylic acids is 1. The number of isothiocyanates is 1. The molecule has 0 heterocycles. The van der Waals surface area contributed by atoms with Crippen LogP contribution in [0.4, 0.5) is 5.69 Å². The van der Waals surface area contributed by atoms with E-state index < -0.39 is 10.8 Å². The first-order valence-electron chi connectivity index (χ1n) is 4.04. The van der Waals surface area contributed by atoms with Crippen LogP contribution in [-0.4, -0.2) is 23.1 Å². The van der Waals surface area contributed by atoms with Crippen LogP contribution in [0, 0.1) is 10.1 Å². The quantitative estimate of drug-likeness (QED) is 0.347. The molecule has 0 aliphatic rings. The third-order valence-corrected chi connectivity index (χ3v) is 1.86. The Bertz CT molecular complexity index is 494. The molecule has 1 amide bonds. The van der Waals surface area contributed by atoms with Crippen molar-refractivity contribution in [2.45, 2.75) is 0 Å². The Balaban J connectivity index is 3.26. The fraction of sp³-hybridized carbons (Fsp3) is 0.111. The molecule has 1 aromatic rings. The van der Waals surface area contributed by atoms with Gasteiger partial charge in [0.15, 0.2) is 5.75 Å². The Morgan fingerprint density at radius 2 is 2.31 bits per heavy atom. The molecule has 0 radical (unpaired) electrons. The van der Waals surface area contributed by atoms with Crippen LogP contribution >= 0.6 is 12.2 Å². The average Bonchev–Trinajstić information content (AvgIpc) is 2.28. The molecule has 0 saturated heterocycles. The van der Waals surface area contributed by atoms with Crippen molar-refractivity contribution in [3.63, 3.8) is 0 Å². The van der Waals surface area contributed by atoms with E-state index in [1.807, 2.05) is 5.16 Å². The zero-order valence-electron chi connectivity index (χ0n) is 8.17. The topological polar surface area (TPSA) is 81.8 Å². The predicted octanol–water partition coefficient (Wildman–Crippen LogP) is 1.85. The van der Waals surface area contributed by atoms with Crippen LogP contribution in [0.1, 0.15) is 10.4 Å². The highest BCUT2D eigenvalue weighted by atomic mass is 32.1. The van der Waals surface area contributed by atoms with Crippen LogP contribution in [0.5, 0.6) is 5.75 Å². The lowest BCUT2D eigenvalue weighted by Crippen LogP contribution is -1.99. The van der Waals surface area contributed by atoms with Crippen LogP contribution in [0.15, 0.2) is 23.2 Å². The molecule has 0 aliphatic carbocycles. The van der Waals surface area contributed by atoms with E-state index in [1.54, 1.807) is 0 Å². The summed E-state index contributed by atoms with van der Waals surface area (Å²) in [6.45, 7) is 0. The lowest BCUT2D eigenvalue weighted by Gasteiger charge is -2.01. The van der Waals surface area contributed by atoms with Crippen molar-refractivity contribution in [2.24, 2.45) is 4.99 Å². The van der Waals surface area contributed by atoms with Crippen LogP contribution in [0.25, 0.3) is 0 Å². The molecule has 0 saturated carbocycles. The number of nitrogens with zero attached hydrogens (tertiary/aromatic N) is 2. The number of carbonyl (C=O) groups is 1. The number of amides is 1. The molecular weight excluding hydrogens is 232 g/mol. The number of thiocarbonyl (C=S) groups is 1. The molecule has 0 bridgehead atoms. The highest BCUT2D eigenvalue weighted by Crippen LogP contribution is 2.27. The highest BCUT2D eigenvalue weighted by Gasteiger charge is 2.17. The largest absolute Gasteiger partial charge is 0.490 e. The molecule has 0 fully saturated rings. The van der Waals surface area contributed by atoms with Gasteiger partial charge < -0.3 is 4.74 Å². The minimum Gasteiger partial charge on any atom is -0.490 e. The Kier molecular flexibility index (Phi) is 3.82. The van der Waals surface area contributed by atoms with Crippen molar-refractivity contribution >= 4 is 29.0 Å². The van der Waals surface area contributed by atoms with E-state index in [2.05, 4.69) is 17.2 Å². The van der Waals surface area contributed by atoms with Crippen LogP contribution in [0.2, 0.25) is 0 Å². The van der Waals surface area contributed by atoms with Crippen molar-refractivity contribution in [1.29, 1.82) is 0 Å². The van der Waals surface area contributed by atoms with Gasteiger partial charge in [-0.3, -0.25) is 14.9 Å². The minimum absolute atomic E-state index is 0.0600. The third-order valence-electron chi connectivity index (χ3n) is 1.77. The Morgan fingerprint density at radius 3 is 2.81 bits per heavy atom. The fourth-order valence-electron chi connectivity index (χ4n) is 1.07. The molecule has 16 heavy (non-hydrogen) atoms. The van der Waals surface area contributed by atoms with Gasteiger partial charge in [-0.2, -0.15) is 4.99 Å². The summed E-state index contributed by atoms with van der Waals surface area (Å²) in [7, 11) is 1.30. The summed E-state index contributed by atoms with van der Waals surface area (Å²) in [5.41, 5.74) is -0.238. The van der Waals surface area contributed by atoms with Gasteiger partial charge in [-0.25, -0.2) is 0 Å². The molecule has 7 heteroatoms. The first-order valence-corrected chi connectivity index (χ1v) is 4.45. The molecular formula is C9H6N2O4S. The van der Waals surface area contributed by atoms with Gasteiger partial charge in [-0.05, 0) is 24.4 Å². The standard InChI is InChI=1S/C9H6N2O4S/c1-15-8-3-2-6(9(12)10-5-16)4-7(8)11(13)14/h2-4H,1H3. The van der Waals surface area contributed by atoms with Gasteiger partial charge in [-0.15, -0.1) is 0 Å². The molecule has 82 valence electrons. The Morgan fingerprint density at radius 1 is 1.62 bits per heavy atom. The summed E-state index contributed by atoms with van der Waals surface area (Å²) < 4.78 is 4.78. The number of methoxy groups -OCH3 is 1. The third kappa shape index (κ3) is 2.47. The molecule has 0 unspecified atom stereocenters. The van der Waals surface area contributed by atoms with Gasteiger partial charge in [0.05, 0.1) is 17.2 Å². The van der Waals surface area contributed by atoms with Gasteiger partial charge in [0.1, 0.15) is 0 Å². The highest BCUT2D eigenvalue weighted by molar-refractivity contribution is 7.78. The van der Waals surface area contributed by atoms with E-state index in [1.165, 1.54) is 19.2 Å². The number of hydrogen-bond donors (Lipinski definition) is 0. The summed E-state index contributed by atoms with van der Waals surface area (Å²) in [5, 5.41) is 12.6. The second-order valence-electron chi connectivity index (χ2n) is 2.65. The van der Waals surface area contributed by atoms with Crippen LogP contribution < -0.4 is 4.74 Å². The van der Waals surface area contributed by atoms with Gasteiger partial charge >= 0.3 is 5.69 Å². The fourth-order valence-corrected chi connectivity index (χ4v) is 1.15. The van der Waals surface area contributed by atoms with E-state index in [0.717, 1.165) is 6.07 Å². The Labute approximate surface area is 95.7 Å². The second kappa shape index (κ2) is 5.11. The molecule has 6 nitrogen and oxygen atoms in total. The molecule has 0 spiro atoms. The van der Waals surface area contributed by atoms with Gasteiger partial charge in [0.25, 0.3) is 5.91 Å². The zero-order chi connectivity index (χ0) is 12.1. The van der Waals surface area contributed by atoms with Crippen molar-refractivity contribution in [2.75, 3.05) is 7.11 Å². The lowest BCUT2D eigenvalue weighted by molar-refractivity contribution is -0.385. The maximum absolute atomic E-state index is 11.3. The maximum atomic E-state index is 11.3. The van der Waals surface area contributed by atoms with Crippen LogP contribution in [0.3, 0.4) is 0 Å². The van der Waals surface area contributed by atoms with E-state index in [-0.39, 0.29) is 17.0 Å². The van der Waals surface area contributed by atoms with Crippen molar-refractivity contribution in [1.82, 2.24) is 0 Å². The monoisotopic (exact) mass is 238 g/mol. The SMILES string of the molecule is COc1ccc(C(=O)N=C=S)cc1[N+](=O)[O-]. The van der Waals surface area contributed by atoms with E-state index >= 15 is 0 Å². The number of ether oxygens (including phenoxy) is 1. The van der Waals surface area contributed by atoms with E-state index in [4.69, 9.17) is 4.74 Å². The minimum atomic E-state index is -0.680. The molecule has 1 rings (SSSR count). The summed E-state index contributed by atoms with van der Waals surface area (Å²) in [4.78, 5) is 24.5. The number of rotatable bonds is 3. The first-order chi connectivity index (χ1) is 7.60. The second-order valence-corrected chi connectivity index (χ2v) is 2.83. The first kappa shape index (κ1) is 12.0. The summed E-state index contributed by atoms with van der Waals surface area (Å²) in [5.74, 6) is -0.603. The summed E-state index contributed by atoms with van der Waals surface area (Å²) >= 11 is 4.27. The summed E-state index contributed by atoms with van der Waals surface area (Å²) in [6, 6.07) is 3.77. The van der Waals surface area contributed by atoms with Crippen molar-refractivity contribution < 1.29 is 14.5 Å². The number of nitro benzene ring substituents is 1. The Hall–Kier alpha value is -2.11. The maximum Gasteiger partial charge on any atom is 0.311 e. The normalized spacial score (nSPS) is 9.06. The summed E-state index contributed by atoms with van der Waals surface area (Å²) in [6.07, 6.45) is 0. The number of aliphatic imine (C=N–C) groups is 1. The predicted molar refractivity (Wildman–Crippen MR) is 59.0 cm³/mol. The van der Waals surface area contributed by atoms with E-state index in [0.29, 0.717) is 0 Å². The average molecular weight is 238 g/mol. The molecule has 0 aliphatic heterocycles. The number of benzene rings is 1. The molecule has 0 aromatic heterocycles. The molecule has 1 aromatic carbocycles. The van der Waals surface area contributed by atoms with Crippen LogP contribution in [-0.2, 0) is 0 Å². The number of nitro groups is 1.